The summed E-state index contributed by atoms with van der Waals surface area (Å²) in [4.78, 5) is 44.5. The molecule has 2 aliphatic carbocycles. The topological polar surface area (TPSA) is 97.2 Å². The van der Waals surface area contributed by atoms with Crippen LogP contribution in [0.5, 0.6) is 0 Å². The van der Waals surface area contributed by atoms with E-state index in [2.05, 4.69) is 29.2 Å². The molecule has 5 rings (SSSR count). The largest absolute Gasteiger partial charge is 0.354 e. The molecule has 2 amide bonds. The molecule has 1 aliphatic heterocycles. The number of hydrogen-bond donors (Lipinski definition) is 1. The summed E-state index contributed by atoms with van der Waals surface area (Å²) in [6.07, 6.45) is 9.76. The number of nitrogens with one attached hydrogen (secondary N) is 1. The number of carbonyl (C=O) groups excluding carboxylic acids is 3. The van der Waals surface area contributed by atoms with Crippen molar-refractivity contribution in [2.24, 2.45) is 17.3 Å². The van der Waals surface area contributed by atoms with Crippen molar-refractivity contribution in [3.63, 3.8) is 0 Å². The third-order valence-corrected chi connectivity index (χ3v) is 8.12. The lowest BCUT2D eigenvalue weighted by Crippen LogP contribution is -2.50. The zero-order valence-electron chi connectivity index (χ0n) is 19.7. The highest BCUT2D eigenvalue weighted by Crippen LogP contribution is 2.48. The predicted octanol–water partition coefficient (Wildman–Crippen LogP) is 2.96. The molecule has 4 atom stereocenters. The Labute approximate surface area is 194 Å². The van der Waals surface area contributed by atoms with Crippen LogP contribution in [-0.4, -0.2) is 55.9 Å². The maximum atomic E-state index is 13.4. The van der Waals surface area contributed by atoms with Crippen LogP contribution in [-0.2, 0) is 16.1 Å². The first-order valence-electron chi connectivity index (χ1n) is 12.2. The zero-order valence-corrected chi connectivity index (χ0v) is 19.7. The lowest BCUT2D eigenvalue weighted by Gasteiger charge is -2.39. The van der Waals surface area contributed by atoms with Crippen LogP contribution in [0.4, 0.5) is 0 Å². The molecule has 176 valence electrons. The fraction of sp³-hybridized carbons (Fsp3) is 0.640. The highest BCUT2D eigenvalue weighted by Gasteiger charge is 2.56. The minimum atomic E-state index is -0.416. The average molecular weight is 452 g/mol. The van der Waals surface area contributed by atoms with E-state index in [-0.39, 0.29) is 35.6 Å². The smallest absolute Gasteiger partial charge is 0.245 e. The standard InChI is InChI=1S/C25H33N5O3/c1-15(31)23-18-7-9-26-13-21(18)29(28-23)14-22(32)30-19-10-16(19)11-20(30)24(33)27-12-17-6-4-5-8-25(17,2)3/h7,9,13,16-17,19-20H,4-6,8,10-12,14H2,1-3H3,(H,27,33)/t16-,17-,19-,20+/m1/s1. The van der Waals surface area contributed by atoms with E-state index in [1.54, 1.807) is 28.0 Å². The zero-order chi connectivity index (χ0) is 23.3. The van der Waals surface area contributed by atoms with Crippen molar-refractivity contribution in [2.75, 3.05) is 6.54 Å². The number of rotatable bonds is 6. The third-order valence-electron chi connectivity index (χ3n) is 8.12. The van der Waals surface area contributed by atoms with E-state index in [9.17, 15) is 14.4 Å². The summed E-state index contributed by atoms with van der Waals surface area (Å²) >= 11 is 0. The molecule has 0 unspecified atom stereocenters. The Bertz CT molecular complexity index is 1110. The molecule has 0 bridgehead atoms. The molecule has 1 N–H and O–H groups in total. The number of carbonyl (C=O) groups is 3. The summed E-state index contributed by atoms with van der Waals surface area (Å²) in [5.74, 6) is 0.585. The number of pyridine rings is 1. The van der Waals surface area contributed by atoms with E-state index in [0.29, 0.717) is 35.0 Å². The maximum Gasteiger partial charge on any atom is 0.245 e. The van der Waals surface area contributed by atoms with Gasteiger partial charge in [0.05, 0.1) is 11.7 Å². The molecule has 2 aromatic rings. The molecule has 8 heteroatoms. The first kappa shape index (κ1) is 22.0. The van der Waals surface area contributed by atoms with Gasteiger partial charge in [-0.15, -0.1) is 0 Å². The summed E-state index contributed by atoms with van der Waals surface area (Å²) < 4.78 is 1.55. The van der Waals surface area contributed by atoms with E-state index in [1.807, 2.05) is 0 Å². The lowest BCUT2D eigenvalue weighted by molar-refractivity contribution is -0.140. The molecule has 0 aromatic carbocycles. The second kappa shape index (κ2) is 8.22. The first-order valence-corrected chi connectivity index (χ1v) is 12.2. The van der Waals surface area contributed by atoms with Gasteiger partial charge in [-0.25, -0.2) is 0 Å². The number of likely N-dealkylation sites (tertiary alicyclic amines) is 1. The van der Waals surface area contributed by atoms with Gasteiger partial charge in [0.15, 0.2) is 5.78 Å². The molecule has 2 saturated carbocycles. The maximum absolute atomic E-state index is 13.4. The van der Waals surface area contributed by atoms with Gasteiger partial charge in [0.25, 0.3) is 0 Å². The predicted molar refractivity (Wildman–Crippen MR) is 123 cm³/mol. The molecule has 33 heavy (non-hydrogen) atoms. The van der Waals surface area contributed by atoms with E-state index in [0.717, 1.165) is 19.3 Å². The fourth-order valence-electron chi connectivity index (χ4n) is 5.95. The highest BCUT2D eigenvalue weighted by molar-refractivity contribution is 6.04. The minimum absolute atomic E-state index is 0.00186. The summed E-state index contributed by atoms with van der Waals surface area (Å²) in [7, 11) is 0. The molecule has 2 aromatic heterocycles. The van der Waals surface area contributed by atoms with Crippen molar-refractivity contribution in [3.8, 4) is 0 Å². The minimum Gasteiger partial charge on any atom is -0.354 e. The van der Waals surface area contributed by atoms with Crippen molar-refractivity contribution in [1.29, 1.82) is 0 Å². The number of piperidine rings is 1. The monoisotopic (exact) mass is 451 g/mol. The van der Waals surface area contributed by atoms with Crippen LogP contribution >= 0.6 is 0 Å². The van der Waals surface area contributed by atoms with Crippen LogP contribution in [0.15, 0.2) is 18.5 Å². The van der Waals surface area contributed by atoms with Gasteiger partial charge in [-0.3, -0.25) is 24.0 Å². The highest BCUT2D eigenvalue weighted by atomic mass is 16.2. The van der Waals surface area contributed by atoms with Crippen LogP contribution in [0.2, 0.25) is 0 Å². The second-order valence-electron chi connectivity index (χ2n) is 10.7. The molecule has 3 fully saturated rings. The van der Waals surface area contributed by atoms with Gasteiger partial charge in [0.1, 0.15) is 18.3 Å². The van der Waals surface area contributed by atoms with Gasteiger partial charge >= 0.3 is 0 Å². The van der Waals surface area contributed by atoms with E-state index in [4.69, 9.17) is 0 Å². The Morgan fingerprint density at radius 1 is 1.21 bits per heavy atom. The molecule has 3 aliphatic rings. The average Bonchev–Trinajstić information content (AvgIpc) is 3.28. The number of amides is 2. The SMILES string of the molecule is CC(=O)c1nn(CC(=O)N2[C@@H]3C[C@@H]3C[C@H]2C(=O)NC[C@H]2CCCCC2(C)C)c2cnccc12. The Hall–Kier alpha value is -2.77. The van der Waals surface area contributed by atoms with Crippen LogP contribution in [0.3, 0.4) is 0 Å². The van der Waals surface area contributed by atoms with Crippen molar-refractivity contribution in [1.82, 2.24) is 25.0 Å². The van der Waals surface area contributed by atoms with Crippen molar-refractivity contribution < 1.29 is 14.4 Å². The number of Topliss-reactive ketones (excluding diaryl/α,β-unsaturated/α-hetero) is 1. The van der Waals surface area contributed by atoms with Crippen LogP contribution in [0, 0.1) is 17.3 Å². The van der Waals surface area contributed by atoms with Gasteiger partial charge < -0.3 is 10.2 Å². The van der Waals surface area contributed by atoms with E-state index >= 15 is 0 Å². The number of nitrogens with zero attached hydrogens (tertiary/aromatic N) is 4. The fourth-order valence-corrected chi connectivity index (χ4v) is 5.95. The summed E-state index contributed by atoms with van der Waals surface area (Å²) in [6.45, 7) is 6.73. The molecule has 1 saturated heterocycles. The number of hydrogen-bond acceptors (Lipinski definition) is 5. The Balaban J connectivity index is 1.29. The second-order valence-corrected chi connectivity index (χ2v) is 10.7. The van der Waals surface area contributed by atoms with E-state index in [1.165, 1.54) is 26.2 Å². The van der Waals surface area contributed by atoms with Gasteiger partial charge in [-0.2, -0.15) is 5.10 Å². The van der Waals surface area contributed by atoms with Crippen molar-refractivity contribution in [2.45, 2.75) is 77.9 Å². The Morgan fingerprint density at radius 3 is 2.79 bits per heavy atom. The Kier molecular flexibility index (Phi) is 5.49. The van der Waals surface area contributed by atoms with E-state index < -0.39 is 6.04 Å². The van der Waals surface area contributed by atoms with Gasteiger partial charge in [0.2, 0.25) is 11.8 Å². The summed E-state index contributed by atoms with van der Waals surface area (Å²) in [5.41, 5.74) is 1.24. The lowest BCUT2D eigenvalue weighted by atomic mass is 9.69. The summed E-state index contributed by atoms with van der Waals surface area (Å²) in [5, 5.41) is 8.27. The van der Waals surface area contributed by atoms with Crippen molar-refractivity contribution in [3.05, 3.63) is 24.2 Å². The van der Waals surface area contributed by atoms with Crippen molar-refractivity contribution >= 4 is 28.5 Å². The van der Waals surface area contributed by atoms with Crippen LogP contribution in [0.25, 0.3) is 10.9 Å². The molecule has 0 spiro atoms. The normalized spacial score (nSPS) is 27.9. The Morgan fingerprint density at radius 2 is 2.03 bits per heavy atom. The third kappa shape index (κ3) is 4.04. The summed E-state index contributed by atoms with van der Waals surface area (Å²) in [6, 6.07) is 1.47. The quantitative estimate of drug-likeness (QED) is 0.681. The first-order chi connectivity index (χ1) is 15.8. The van der Waals surface area contributed by atoms with Gasteiger partial charge in [-0.05, 0) is 49.0 Å². The molecule has 0 radical (unpaired) electrons. The molecule has 8 nitrogen and oxygen atoms in total. The molecule has 3 heterocycles. The number of aromatic nitrogens is 3. The molecular formula is C25H33N5O3. The van der Waals surface area contributed by atoms with Gasteiger partial charge in [-0.1, -0.05) is 26.7 Å². The van der Waals surface area contributed by atoms with Crippen LogP contribution < -0.4 is 5.32 Å². The molecular weight excluding hydrogens is 418 g/mol. The number of fused-ring (bicyclic) bond motifs is 2. The van der Waals surface area contributed by atoms with Gasteiger partial charge in [0, 0.05) is 31.1 Å². The number of ketones is 1. The van der Waals surface area contributed by atoms with Crippen LogP contribution in [0.1, 0.15) is 69.8 Å².